The van der Waals surface area contributed by atoms with Crippen molar-refractivity contribution in [2.45, 2.75) is 32.1 Å². The number of hydrogen-bond donors (Lipinski definition) is 0. The number of aryl methyl sites for hydroxylation is 1. The predicted octanol–water partition coefficient (Wildman–Crippen LogP) is 2.94. The number of pyridine rings is 1. The van der Waals surface area contributed by atoms with E-state index in [4.69, 9.17) is 0 Å². The van der Waals surface area contributed by atoms with Crippen LogP contribution in [-0.2, 0) is 14.6 Å². The van der Waals surface area contributed by atoms with Crippen LogP contribution < -0.4 is 4.90 Å². The van der Waals surface area contributed by atoms with E-state index in [9.17, 15) is 13.2 Å². The number of amides is 1. The summed E-state index contributed by atoms with van der Waals surface area (Å²) in [5.41, 5.74) is 2.12. The molecule has 1 fully saturated rings. The van der Waals surface area contributed by atoms with Gasteiger partial charge in [-0.15, -0.1) is 0 Å². The molecule has 0 N–H and O–H groups in total. The van der Waals surface area contributed by atoms with Crippen LogP contribution in [0.2, 0.25) is 0 Å². The second-order valence-corrected chi connectivity index (χ2v) is 10.0. The summed E-state index contributed by atoms with van der Waals surface area (Å²) in [4.78, 5) is 27.8. The van der Waals surface area contributed by atoms with E-state index in [1.165, 1.54) is 12.3 Å². The van der Waals surface area contributed by atoms with Crippen molar-refractivity contribution < 1.29 is 13.2 Å². The van der Waals surface area contributed by atoms with Gasteiger partial charge in [0.25, 0.3) is 0 Å². The first-order valence-electron chi connectivity index (χ1n) is 9.30. The summed E-state index contributed by atoms with van der Waals surface area (Å²) in [5.74, 6) is 1.08. The molecule has 3 heterocycles. The van der Waals surface area contributed by atoms with Crippen molar-refractivity contribution in [3.63, 3.8) is 0 Å². The van der Waals surface area contributed by atoms with Gasteiger partial charge in [-0.25, -0.2) is 23.4 Å². The summed E-state index contributed by atoms with van der Waals surface area (Å²) in [6.45, 7) is 5.71. The van der Waals surface area contributed by atoms with E-state index in [0.29, 0.717) is 18.1 Å². The Morgan fingerprint density at radius 1 is 1.10 bits per heavy atom. The summed E-state index contributed by atoms with van der Waals surface area (Å²) < 4.78 is 23.5. The first-order valence-corrected chi connectivity index (χ1v) is 11.2. The van der Waals surface area contributed by atoms with Crippen LogP contribution in [0.25, 0.3) is 5.57 Å². The lowest BCUT2D eigenvalue weighted by Crippen LogP contribution is -2.31. The first kappa shape index (κ1) is 19.4. The van der Waals surface area contributed by atoms with Crippen LogP contribution in [0.4, 0.5) is 5.82 Å². The van der Waals surface area contributed by atoms with Crippen molar-refractivity contribution in [1.82, 2.24) is 15.0 Å². The Kier molecular flexibility index (Phi) is 4.42. The van der Waals surface area contributed by atoms with Gasteiger partial charge in [0, 0.05) is 42.0 Å². The minimum atomic E-state index is -3.35. The SMILES string of the molecule is Cc1ncc(C2=CCC3C(=C2)N(c2ccc(S(C)(=O)=O)cn2)C(=O)C3(C)C)cn1. The van der Waals surface area contributed by atoms with E-state index in [-0.39, 0.29) is 16.7 Å². The number of anilines is 1. The third-order valence-corrected chi connectivity index (χ3v) is 6.71. The minimum absolute atomic E-state index is 0.0153. The second-order valence-electron chi connectivity index (χ2n) is 8.02. The number of aromatic nitrogens is 3. The lowest BCUT2D eigenvalue weighted by Gasteiger charge is -2.25. The van der Waals surface area contributed by atoms with Crippen LogP contribution in [0, 0.1) is 18.3 Å². The Balaban J connectivity index is 1.78. The topological polar surface area (TPSA) is 93.1 Å². The van der Waals surface area contributed by atoms with E-state index in [1.807, 2.05) is 26.8 Å². The molecule has 29 heavy (non-hydrogen) atoms. The van der Waals surface area contributed by atoms with Crippen LogP contribution in [0.15, 0.2) is 53.5 Å². The van der Waals surface area contributed by atoms with Crippen molar-refractivity contribution in [3.05, 3.63) is 60.0 Å². The average molecular weight is 410 g/mol. The Bertz CT molecular complexity index is 1150. The fraction of sp³-hybridized carbons (Fsp3) is 0.333. The number of allylic oxidation sites excluding steroid dienone is 4. The molecule has 0 bridgehead atoms. The highest BCUT2D eigenvalue weighted by atomic mass is 32.2. The molecule has 8 heteroatoms. The maximum absolute atomic E-state index is 13.2. The summed E-state index contributed by atoms with van der Waals surface area (Å²) in [6, 6.07) is 3.07. The number of fused-ring (bicyclic) bond motifs is 1. The molecular formula is C21H22N4O3S. The van der Waals surface area contributed by atoms with Crippen LogP contribution >= 0.6 is 0 Å². The molecule has 1 unspecified atom stereocenters. The van der Waals surface area contributed by atoms with Gasteiger partial charge in [-0.05, 0) is 37.1 Å². The second kappa shape index (κ2) is 6.59. The third kappa shape index (κ3) is 3.27. The molecule has 2 aromatic rings. The van der Waals surface area contributed by atoms with Crippen molar-refractivity contribution in [2.75, 3.05) is 11.2 Å². The fourth-order valence-corrected chi connectivity index (χ4v) is 4.39. The van der Waals surface area contributed by atoms with Crippen molar-refractivity contribution in [3.8, 4) is 0 Å². The summed E-state index contributed by atoms with van der Waals surface area (Å²) in [5, 5.41) is 0. The molecule has 150 valence electrons. The average Bonchev–Trinajstić information content (AvgIpc) is 2.87. The Morgan fingerprint density at radius 2 is 1.79 bits per heavy atom. The molecule has 0 radical (unpaired) electrons. The van der Waals surface area contributed by atoms with E-state index in [1.54, 1.807) is 23.4 Å². The number of rotatable bonds is 3. The molecule has 4 rings (SSSR count). The lowest BCUT2D eigenvalue weighted by molar-refractivity contribution is -0.125. The van der Waals surface area contributed by atoms with E-state index in [0.717, 1.165) is 23.1 Å². The molecule has 0 spiro atoms. The molecule has 1 aliphatic carbocycles. The van der Waals surface area contributed by atoms with Gasteiger partial charge in [0.1, 0.15) is 11.6 Å². The maximum Gasteiger partial charge on any atom is 0.238 e. The van der Waals surface area contributed by atoms with E-state index in [2.05, 4.69) is 21.0 Å². The Hall–Kier alpha value is -2.87. The zero-order valence-electron chi connectivity index (χ0n) is 16.7. The molecule has 2 aliphatic rings. The zero-order valence-corrected chi connectivity index (χ0v) is 17.6. The summed E-state index contributed by atoms with van der Waals surface area (Å²) in [7, 11) is -3.35. The molecule has 0 saturated carbocycles. The number of carbonyl (C=O) groups excluding carboxylic acids is 1. The van der Waals surface area contributed by atoms with Crippen LogP contribution in [-0.4, -0.2) is 35.5 Å². The summed E-state index contributed by atoms with van der Waals surface area (Å²) >= 11 is 0. The van der Waals surface area contributed by atoms with E-state index < -0.39 is 15.3 Å². The van der Waals surface area contributed by atoms with Crippen LogP contribution in [0.5, 0.6) is 0 Å². The largest absolute Gasteiger partial charge is 0.273 e. The summed E-state index contributed by atoms with van der Waals surface area (Å²) in [6.07, 6.45) is 10.8. The van der Waals surface area contributed by atoms with Gasteiger partial charge in [-0.2, -0.15) is 0 Å². The minimum Gasteiger partial charge on any atom is -0.273 e. The van der Waals surface area contributed by atoms with Gasteiger partial charge < -0.3 is 0 Å². The number of nitrogens with zero attached hydrogens (tertiary/aromatic N) is 4. The normalized spacial score (nSPS) is 20.9. The molecule has 1 atom stereocenters. The fourth-order valence-electron chi connectivity index (χ4n) is 3.83. The van der Waals surface area contributed by atoms with Gasteiger partial charge in [0.15, 0.2) is 9.84 Å². The van der Waals surface area contributed by atoms with Gasteiger partial charge in [-0.3, -0.25) is 9.69 Å². The predicted molar refractivity (Wildman–Crippen MR) is 110 cm³/mol. The van der Waals surface area contributed by atoms with Gasteiger partial charge in [-0.1, -0.05) is 19.9 Å². The number of sulfone groups is 1. The first-order chi connectivity index (χ1) is 13.6. The maximum atomic E-state index is 13.2. The molecule has 1 aliphatic heterocycles. The third-order valence-electron chi connectivity index (χ3n) is 5.61. The number of hydrogen-bond acceptors (Lipinski definition) is 6. The van der Waals surface area contributed by atoms with Gasteiger partial charge >= 0.3 is 0 Å². The highest BCUT2D eigenvalue weighted by Gasteiger charge is 2.51. The van der Waals surface area contributed by atoms with Crippen LogP contribution in [0.1, 0.15) is 31.7 Å². The molecule has 1 saturated heterocycles. The van der Waals surface area contributed by atoms with Gasteiger partial charge in [0.05, 0.1) is 10.3 Å². The van der Waals surface area contributed by atoms with E-state index >= 15 is 0 Å². The molecule has 0 aromatic carbocycles. The lowest BCUT2D eigenvalue weighted by atomic mass is 9.75. The highest BCUT2D eigenvalue weighted by molar-refractivity contribution is 7.90. The molecule has 7 nitrogen and oxygen atoms in total. The zero-order chi connectivity index (χ0) is 21.0. The standard InChI is InChI=1S/C21H22N4O3S/c1-13-22-10-15(11-23-13)14-5-7-17-18(9-14)25(20(26)21(17,2)3)19-8-6-16(12-24-19)29(4,27)28/h5-6,8-12,17H,7H2,1-4H3. The van der Waals surface area contributed by atoms with Crippen molar-refractivity contribution in [2.24, 2.45) is 11.3 Å². The molecular weight excluding hydrogens is 388 g/mol. The van der Waals surface area contributed by atoms with Crippen LogP contribution in [0.3, 0.4) is 0 Å². The highest BCUT2D eigenvalue weighted by Crippen LogP contribution is 2.50. The quantitative estimate of drug-likeness (QED) is 0.772. The Morgan fingerprint density at radius 3 is 2.38 bits per heavy atom. The molecule has 1 amide bonds. The van der Waals surface area contributed by atoms with Gasteiger partial charge in [0.2, 0.25) is 5.91 Å². The van der Waals surface area contributed by atoms with Crippen molar-refractivity contribution in [1.29, 1.82) is 0 Å². The van der Waals surface area contributed by atoms with Crippen molar-refractivity contribution >= 4 is 27.1 Å². The monoisotopic (exact) mass is 410 g/mol. The molecule has 2 aromatic heterocycles. The Labute approximate surface area is 170 Å². The smallest absolute Gasteiger partial charge is 0.238 e. The number of carbonyl (C=O) groups is 1.